The standard InChI is InChI=1S/C14H17FO3/c1-17-9-18-8-12-5-4-11(7-13(12)15)14(16)6-10-2-3-10/h4-5,7,10H,2-3,6,8-9H2,1H3. The van der Waals surface area contributed by atoms with Gasteiger partial charge in [-0.3, -0.25) is 4.79 Å². The molecule has 0 radical (unpaired) electrons. The van der Waals surface area contributed by atoms with Crippen molar-refractivity contribution in [2.24, 2.45) is 5.92 Å². The smallest absolute Gasteiger partial charge is 0.163 e. The summed E-state index contributed by atoms with van der Waals surface area (Å²) in [4.78, 5) is 11.8. The number of halogens is 1. The molecule has 4 heteroatoms. The van der Waals surface area contributed by atoms with Crippen molar-refractivity contribution in [1.82, 2.24) is 0 Å². The lowest BCUT2D eigenvalue weighted by Crippen LogP contribution is -2.04. The van der Waals surface area contributed by atoms with E-state index < -0.39 is 5.82 Å². The van der Waals surface area contributed by atoms with Gasteiger partial charge in [0.2, 0.25) is 0 Å². The Morgan fingerprint density at radius 3 is 2.83 bits per heavy atom. The average molecular weight is 252 g/mol. The molecule has 0 saturated heterocycles. The Hall–Kier alpha value is -1.26. The quantitative estimate of drug-likeness (QED) is 0.425. The Balaban J connectivity index is 1.96. The van der Waals surface area contributed by atoms with E-state index in [1.165, 1.54) is 13.2 Å². The van der Waals surface area contributed by atoms with Crippen molar-refractivity contribution in [3.05, 3.63) is 35.1 Å². The first-order valence-corrected chi connectivity index (χ1v) is 6.09. The number of methoxy groups -OCH3 is 1. The molecule has 98 valence electrons. The Morgan fingerprint density at radius 1 is 1.44 bits per heavy atom. The van der Waals surface area contributed by atoms with Gasteiger partial charge in [0.25, 0.3) is 0 Å². The highest BCUT2D eigenvalue weighted by Crippen LogP contribution is 2.33. The molecule has 18 heavy (non-hydrogen) atoms. The number of carbonyl (C=O) groups is 1. The molecular formula is C14H17FO3. The molecule has 1 saturated carbocycles. The van der Waals surface area contributed by atoms with Crippen molar-refractivity contribution in [3.8, 4) is 0 Å². The van der Waals surface area contributed by atoms with Gasteiger partial charge < -0.3 is 9.47 Å². The Morgan fingerprint density at radius 2 is 2.22 bits per heavy atom. The van der Waals surface area contributed by atoms with Crippen molar-refractivity contribution < 1.29 is 18.7 Å². The van der Waals surface area contributed by atoms with Crippen LogP contribution < -0.4 is 0 Å². The van der Waals surface area contributed by atoms with Crippen LogP contribution >= 0.6 is 0 Å². The molecule has 3 nitrogen and oxygen atoms in total. The number of carbonyl (C=O) groups excluding carboxylic acids is 1. The molecule has 1 aliphatic rings. The molecule has 1 fully saturated rings. The summed E-state index contributed by atoms with van der Waals surface area (Å²) in [5.74, 6) is 0.152. The van der Waals surface area contributed by atoms with Gasteiger partial charge in [-0.2, -0.15) is 0 Å². The Bertz CT molecular complexity index is 427. The first-order chi connectivity index (χ1) is 8.70. The summed E-state index contributed by atoms with van der Waals surface area (Å²) in [5, 5.41) is 0. The first kappa shape index (κ1) is 13.2. The van der Waals surface area contributed by atoms with Gasteiger partial charge in [0.1, 0.15) is 12.6 Å². The minimum Gasteiger partial charge on any atom is -0.359 e. The molecule has 0 N–H and O–H groups in total. The van der Waals surface area contributed by atoms with E-state index in [4.69, 9.17) is 9.47 Å². The van der Waals surface area contributed by atoms with Crippen LogP contribution in [0.5, 0.6) is 0 Å². The van der Waals surface area contributed by atoms with E-state index in [-0.39, 0.29) is 19.2 Å². The predicted molar refractivity (Wildman–Crippen MR) is 64.7 cm³/mol. The third kappa shape index (κ3) is 3.62. The lowest BCUT2D eigenvalue weighted by Gasteiger charge is -2.06. The number of benzene rings is 1. The summed E-state index contributed by atoms with van der Waals surface area (Å²) in [5.41, 5.74) is 0.893. The average Bonchev–Trinajstić information content (AvgIpc) is 3.15. The SMILES string of the molecule is COCOCc1ccc(C(=O)CC2CC2)cc1F. The van der Waals surface area contributed by atoms with E-state index in [0.717, 1.165) is 12.8 Å². The van der Waals surface area contributed by atoms with E-state index in [2.05, 4.69) is 0 Å². The number of Topliss-reactive ketones (excluding diaryl/α,β-unsaturated/α-hetero) is 1. The second-order valence-electron chi connectivity index (χ2n) is 4.63. The fraction of sp³-hybridized carbons (Fsp3) is 0.500. The van der Waals surface area contributed by atoms with E-state index in [1.807, 2.05) is 0 Å². The molecule has 0 aliphatic heterocycles. The number of hydrogen-bond acceptors (Lipinski definition) is 3. The zero-order chi connectivity index (χ0) is 13.0. The van der Waals surface area contributed by atoms with Gasteiger partial charge >= 0.3 is 0 Å². The monoisotopic (exact) mass is 252 g/mol. The van der Waals surface area contributed by atoms with Gasteiger partial charge in [-0.1, -0.05) is 12.1 Å². The molecule has 0 spiro atoms. The molecule has 0 unspecified atom stereocenters. The van der Waals surface area contributed by atoms with Crippen LogP contribution in [0.2, 0.25) is 0 Å². The number of rotatable bonds is 7. The molecule has 1 aromatic rings. The van der Waals surface area contributed by atoms with Gasteiger partial charge in [0.15, 0.2) is 5.78 Å². The highest BCUT2D eigenvalue weighted by molar-refractivity contribution is 5.96. The van der Waals surface area contributed by atoms with Crippen LogP contribution in [-0.2, 0) is 16.1 Å². The predicted octanol–water partition coefficient (Wildman–Crippen LogP) is 2.93. The fourth-order valence-corrected chi connectivity index (χ4v) is 1.77. The molecule has 0 heterocycles. The fourth-order valence-electron chi connectivity index (χ4n) is 1.77. The Labute approximate surface area is 106 Å². The van der Waals surface area contributed by atoms with Crippen LogP contribution in [0.3, 0.4) is 0 Å². The van der Waals surface area contributed by atoms with Crippen molar-refractivity contribution in [2.45, 2.75) is 25.9 Å². The summed E-state index contributed by atoms with van der Waals surface area (Å²) >= 11 is 0. The summed E-state index contributed by atoms with van der Waals surface area (Å²) in [6, 6.07) is 4.57. The van der Waals surface area contributed by atoms with Crippen LogP contribution in [-0.4, -0.2) is 19.7 Å². The highest BCUT2D eigenvalue weighted by atomic mass is 19.1. The van der Waals surface area contributed by atoms with Crippen LogP contribution in [0.25, 0.3) is 0 Å². The zero-order valence-electron chi connectivity index (χ0n) is 10.4. The molecule has 0 aromatic heterocycles. The minimum atomic E-state index is -0.396. The number of ketones is 1. The summed E-state index contributed by atoms with van der Waals surface area (Å²) in [6.45, 7) is 0.276. The normalized spacial score (nSPS) is 14.8. The van der Waals surface area contributed by atoms with Crippen molar-refractivity contribution in [1.29, 1.82) is 0 Å². The van der Waals surface area contributed by atoms with Crippen molar-refractivity contribution in [3.63, 3.8) is 0 Å². The summed E-state index contributed by atoms with van der Waals surface area (Å²) in [6.07, 6.45) is 2.79. The van der Waals surface area contributed by atoms with Crippen LogP contribution in [0, 0.1) is 11.7 Å². The van der Waals surface area contributed by atoms with E-state index in [0.29, 0.717) is 23.5 Å². The number of ether oxygens (including phenoxy) is 2. The largest absolute Gasteiger partial charge is 0.359 e. The third-order valence-corrected chi connectivity index (χ3v) is 3.00. The Kier molecular flexibility index (Phi) is 4.44. The second kappa shape index (κ2) is 6.07. The highest BCUT2D eigenvalue weighted by Gasteiger charge is 2.25. The van der Waals surface area contributed by atoms with Gasteiger partial charge in [-0.15, -0.1) is 0 Å². The molecule has 1 aliphatic carbocycles. The van der Waals surface area contributed by atoms with Gasteiger partial charge in [-0.25, -0.2) is 4.39 Å². The minimum absolute atomic E-state index is 0.0285. The topological polar surface area (TPSA) is 35.5 Å². The molecule has 0 atom stereocenters. The molecular weight excluding hydrogens is 235 g/mol. The maximum Gasteiger partial charge on any atom is 0.163 e. The maximum atomic E-state index is 13.7. The molecule has 0 amide bonds. The van der Waals surface area contributed by atoms with Crippen LogP contribution in [0.15, 0.2) is 18.2 Å². The van der Waals surface area contributed by atoms with E-state index >= 15 is 0 Å². The van der Waals surface area contributed by atoms with Crippen LogP contribution in [0.4, 0.5) is 4.39 Å². The zero-order valence-corrected chi connectivity index (χ0v) is 10.4. The van der Waals surface area contributed by atoms with Crippen molar-refractivity contribution in [2.75, 3.05) is 13.9 Å². The van der Waals surface area contributed by atoms with Crippen molar-refractivity contribution >= 4 is 5.78 Å². The van der Waals surface area contributed by atoms with Crippen LogP contribution in [0.1, 0.15) is 35.2 Å². The lowest BCUT2D eigenvalue weighted by molar-refractivity contribution is -0.0398. The van der Waals surface area contributed by atoms with Gasteiger partial charge in [0.05, 0.1) is 6.61 Å². The van der Waals surface area contributed by atoms with Gasteiger partial charge in [-0.05, 0) is 24.8 Å². The maximum absolute atomic E-state index is 13.7. The summed E-state index contributed by atoms with van der Waals surface area (Å²) in [7, 11) is 1.51. The summed E-state index contributed by atoms with van der Waals surface area (Å²) < 4.78 is 23.5. The lowest BCUT2D eigenvalue weighted by atomic mass is 10.0. The number of hydrogen-bond donors (Lipinski definition) is 0. The molecule has 2 rings (SSSR count). The van der Waals surface area contributed by atoms with Gasteiger partial charge in [0, 0.05) is 24.7 Å². The second-order valence-corrected chi connectivity index (χ2v) is 4.63. The first-order valence-electron chi connectivity index (χ1n) is 6.09. The van der Waals surface area contributed by atoms with E-state index in [9.17, 15) is 9.18 Å². The third-order valence-electron chi connectivity index (χ3n) is 3.00. The van der Waals surface area contributed by atoms with E-state index in [1.54, 1.807) is 12.1 Å². The molecule has 0 bridgehead atoms. The molecule has 1 aromatic carbocycles.